The van der Waals surface area contributed by atoms with Crippen molar-refractivity contribution in [2.45, 2.75) is 0 Å². The van der Waals surface area contributed by atoms with Gasteiger partial charge in [-0.05, 0) is 13.1 Å². The second-order valence-electron chi connectivity index (χ2n) is 5.34. The van der Waals surface area contributed by atoms with E-state index in [1.165, 1.54) is 0 Å². The van der Waals surface area contributed by atoms with Crippen LogP contribution in [-0.2, 0) is 0 Å². The maximum atomic E-state index is 6.07. The van der Waals surface area contributed by atoms with Gasteiger partial charge in [0.2, 0.25) is 0 Å². The molecular weight excluding hydrogens is 266 g/mol. The Hall–Kier alpha value is -2.21. The Morgan fingerprint density at radius 1 is 1.14 bits per heavy atom. The molecule has 0 amide bonds. The second-order valence-corrected chi connectivity index (χ2v) is 5.34. The van der Waals surface area contributed by atoms with Crippen molar-refractivity contribution in [3.63, 3.8) is 0 Å². The lowest BCUT2D eigenvalue weighted by Gasteiger charge is -2.35. The highest BCUT2D eigenvalue weighted by atomic mass is 16.5. The summed E-state index contributed by atoms with van der Waals surface area (Å²) in [6.07, 6.45) is 5.50. The number of aromatic nitrogens is 2. The lowest BCUT2D eigenvalue weighted by molar-refractivity contribution is 0.312. The first kappa shape index (κ1) is 13.8. The molecule has 1 saturated heterocycles. The molecule has 1 aromatic heterocycles. The number of hydrogen-bond donors (Lipinski definition) is 1. The van der Waals surface area contributed by atoms with E-state index in [2.05, 4.69) is 21.8 Å². The maximum absolute atomic E-state index is 6.07. The number of nitrogens with zero attached hydrogens (tertiary/aromatic N) is 4. The van der Waals surface area contributed by atoms with E-state index in [9.17, 15) is 0 Å². The fourth-order valence-electron chi connectivity index (χ4n) is 2.66. The number of imidazole rings is 1. The number of likely N-dealkylation sites (N-methyl/N-ethyl adjacent to an activating group) is 1. The molecule has 1 aliphatic heterocycles. The molecule has 2 heterocycles. The summed E-state index contributed by atoms with van der Waals surface area (Å²) in [7, 11) is 3.80. The molecule has 0 bridgehead atoms. The lowest BCUT2D eigenvalue weighted by Crippen LogP contribution is -2.44. The van der Waals surface area contributed by atoms with E-state index < -0.39 is 0 Å². The monoisotopic (exact) mass is 287 g/mol. The van der Waals surface area contributed by atoms with E-state index in [1.807, 2.05) is 22.9 Å². The minimum Gasteiger partial charge on any atom is -0.495 e. The molecule has 0 saturated carbocycles. The number of ether oxygens (including phenoxy) is 1. The Kier molecular flexibility index (Phi) is 3.70. The van der Waals surface area contributed by atoms with E-state index in [1.54, 1.807) is 19.6 Å². The number of rotatable bonds is 3. The van der Waals surface area contributed by atoms with Crippen LogP contribution in [0, 0.1) is 0 Å². The SMILES string of the molecule is COc1cc(N2CCN(C)CC2)c(-n2ccnc2)cc1N. The molecule has 0 spiro atoms. The van der Waals surface area contributed by atoms with Gasteiger partial charge in [-0.25, -0.2) is 4.98 Å². The summed E-state index contributed by atoms with van der Waals surface area (Å²) in [5.74, 6) is 0.716. The summed E-state index contributed by atoms with van der Waals surface area (Å²) in [5, 5.41) is 0. The first-order valence-corrected chi connectivity index (χ1v) is 7.08. The van der Waals surface area contributed by atoms with Gasteiger partial charge in [-0.1, -0.05) is 0 Å². The van der Waals surface area contributed by atoms with Crippen molar-refractivity contribution in [1.29, 1.82) is 0 Å². The zero-order chi connectivity index (χ0) is 14.8. The summed E-state index contributed by atoms with van der Waals surface area (Å²) in [6.45, 7) is 4.09. The molecule has 3 rings (SSSR count). The van der Waals surface area contributed by atoms with Crippen LogP contribution in [0.3, 0.4) is 0 Å². The molecule has 1 fully saturated rings. The van der Waals surface area contributed by atoms with Crippen molar-refractivity contribution < 1.29 is 4.74 Å². The molecule has 6 nitrogen and oxygen atoms in total. The van der Waals surface area contributed by atoms with Gasteiger partial charge in [0.25, 0.3) is 0 Å². The molecule has 2 N–H and O–H groups in total. The van der Waals surface area contributed by atoms with E-state index in [4.69, 9.17) is 10.5 Å². The van der Waals surface area contributed by atoms with Gasteiger partial charge in [-0.3, -0.25) is 0 Å². The van der Waals surface area contributed by atoms with Crippen molar-refractivity contribution in [2.24, 2.45) is 0 Å². The second kappa shape index (κ2) is 5.65. The van der Waals surface area contributed by atoms with Gasteiger partial charge in [0.05, 0.1) is 30.5 Å². The third kappa shape index (κ3) is 2.67. The van der Waals surface area contributed by atoms with E-state index in [0.29, 0.717) is 11.4 Å². The Bertz CT molecular complexity index is 603. The predicted molar refractivity (Wildman–Crippen MR) is 84.2 cm³/mol. The smallest absolute Gasteiger partial charge is 0.143 e. The van der Waals surface area contributed by atoms with Gasteiger partial charge in [0.1, 0.15) is 5.75 Å². The van der Waals surface area contributed by atoms with E-state index in [0.717, 1.165) is 37.6 Å². The Labute approximate surface area is 124 Å². The molecule has 0 radical (unpaired) electrons. The highest BCUT2D eigenvalue weighted by Gasteiger charge is 2.19. The quantitative estimate of drug-likeness (QED) is 0.860. The average molecular weight is 287 g/mol. The maximum Gasteiger partial charge on any atom is 0.143 e. The predicted octanol–water partition coefficient (Wildman–Crippen LogP) is 1.21. The Morgan fingerprint density at radius 3 is 2.52 bits per heavy atom. The minimum absolute atomic E-state index is 0.638. The molecule has 0 unspecified atom stereocenters. The zero-order valence-electron chi connectivity index (χ0n) is 12.5. The van der Waals surface area contributed by atoms with Crippen LogP contribution in [0.5, 0.6) is 5.75 Å². The normalized spacial score (nSPS) is 16.2. The van der Waals surface area contributed by atoms with Crippen LogP contribution in [-0.4, -0.2) is 54.8 Å². The van der Waals surface area contributed by atoms with E-state index >= 15 is 0 Å². The Morgan fingerprint density at radius 2 is 1.90 bits per heavy atom. The fraction of sp³-hybridized carbons (Fsp3) is 0.400. The van der Waals surface area contributed by atoms with Crippen molar-refractivity contribution in [3.05, 3.63) is 30.9 Å². The van der Waals surface area contributed by atoms with Gasteiger partial charge >= 0.3 is 0 Å². The molecule has 0 aliphatic carbocycles. The topological polar surface area (TPSA) is 59.5 Å². The average Bonchev–Trinajstić information content (AvgIpc) is 3.02. The van der Waals surface area contributed by atoms with Gasteiger partial charge in [0, 0.05) is 44.6 Å². The molecule has 2 aromatic rings. The number of methoxy groups -OCH3 is 1. The number of nitrogen functional groups attached to an aromatic ring is 1. The van der Waals surface area contributed by atoms with Crippen LogP contribution in [0.25, 0.3) is 5.69 Å². The molecule has 21 heavy (non-hydrogen) atoms. The van der Waals surface area contributed by atoms with Crippen LogP contribution in [0.1, 0.15) is 0 Å². The van der Waals surface area contributed by atoms with Gasteiger partial charge in [-0.2, -0.15) is 0 Å². The highest BCUT2D eigenvalue weighted by Crippen LogP contribution is 2.34. The molecule has 1 aromatic carbocycles. The Balaban J connectivity index is 2.04. The van der Waals surface area contributed by atoms with Crippen LogP contribution >= 0.6 is 0 Å². The third-order valence-electron chi connectivity index (χ3n) is 3.95. The fourth-order valence-corrected chi connectivity index (χ4v) is 2.66. The van der Waals surface area contributed by atoms with Crippen LogP contribution in [0.4, 0.5) is 11.4 Å². The summed E-state index contributed by atoms with van der Waals surface area (Å²) < 4.78 is 7.37. The summed E-state index contributed by atoms with van der Waals surface area (Å²) in [4.78, 5) is 8.84. The van der Waals surface area contributed by atoms with Crippen LogP contribution in [0.2, 0.25) is 0 Å². The standard InChI is InChI=1S/C15H21N5O/c1-18-5-7-19(8-6-18)14-10-15(21-2)12(16)9-13(14)20-4-3-17-11-20/h3-4,9-11H,5-8,16H2,1-2H3. The number of anilines is 2. The van der Waals surface area contributed by atoms with Crippen molar-refractivity contribution >= 4 is 11.4 Å². The molecule has 1 aliphatic rings. The zero-order valence-corrected chi connectivity index (χ0v) is 12.5. The van der Waals surface area contributed by atoms with Gasteiger partial charge in [-0.15, -0.1) is 0 Å². The first-order valence-electron chi connectivity index (χ1n) is 7.08. The molecular formula is C15H21N5O. The largest absolute Gasteiger partial charge is 0.495 e. The molecule has 6 heteroatoms. The van der Waals surface area contributed by atoms with Crippen molar-refractivity contribution in [2.75, 3.05) is 51.0 Å². The minimum atomic E-state index is 0.638. The molecule has 0 atom stereocenters. The van der Waals surface area contributed by atoms with Crippen molar-refractivity contribution in [3.8, 4) is 11.4 Å². The van der Waals surface area contributed by atoms with Gasteiger partial charge in [0.15, 0.2) is 0 Å². The number of hydrogen-bond acceptors (Lipinski definition) is 5. The van der Waals surface area contributed by atoms with Crippen LogP contribution in [0.15, 0.2) is 30.9 Å². The molecule has 112 valence electrons. The number of piperazine rings is 1. The lowest BCUT2D eigenvalue weighted by atomic mass is 10.1. The van der Waals surface area contributed by atoms with Crippen LogP contribution < -0.4 is 15.4 Å². The first-order chi connectivity index (χ1) is 10.2. The third-order valence-corrected chi connectivity index (χ3v) is 3.95. The van der Waals surface area contributed by atoms with Crippen molar-refractivity contribution in [1.82, 2.24) is 14.5 Å². The van der Waals surface area contributed by atoms with E-state index in [-0.39, 0.29) is 0 Å². The summed E-state index contributed by atoms with van der Waals surface area (Å²) in [5.41, 5.74) is 8.88. The highest BCUT2D eigenvalue weighted by molar-refractivity contribution is 5.73. The summed E-state index contributed by atoms with van der Waals surface area (Å²) in [6, 6.07) is 3.98. The number of nitrogens with two attached hydrogens (primary N) is 1. The summed E-state index contributed by atoms with van der Waals surface area (Å²) >= 11 is 0. The van der Waals surface area contributed by atoms with Gasteiger partial charge < -0.3 is 24.8 Å². The number of benzene rings is 1.